The van der Waals surface area contributed by atoms with Gasteiger partial charge in [0.25, 0.3) is 0 Å². The zero-order valence-corrected chi connectivity index (χ0v) is 11.1. The highest BCUT2D eigenvalue weighted by Crippen LogP contribution is 2.60. The van der Waals surface area contributed by atoms with E-state index in [2.05, 4.69) is 34.6 Å². The number of carbonyl (C=O) groups is 1. The molecule has 2 nitrogen and oxygen atoms in total. The van der Waals surface area contributed by atoms with Crippen LogP contribution in [0.1, 0.15) is 54.9 Å². The van der Waals surface area contributed by atoms with E-state index in [1.54, 1.807) is 0 Å². The van der Waals surface area contributed by atoms with E-state index in [1.165, 1.54) is 0 Å². The minimum absolute atomic E-state index is 0.0353. The van der Waals surface area contributed by atoms with Crippen molar-refractivity contribution in [3.8, 4) is 0 Å². The van der Waals surface area contributed by atoms with Gasteiger partial charge >= 0.3 is 5.97 Å². The molecule has 2 unspecified atom stereocenters. The van der Waals surface area contributed by atoms with E-state index in [1.807, 2.05) is 13.8 Å². The Morgan fingerprint density at radius 3 is 1.93 bits per heavy atom. The summed E-state index contributed by atoms with van der Waals surface area (Å²) in [6.07, 6.45) is 0.959. The fraction of sp³-hybridized carbons (Fsp3) is 0.923. The number of ether oxygens (including phenoxy) is 1. The Balaban J connectivity index is 3.33. The molecule has 0 aromatic heterocycles. The first kappa shape index (κ1) is 12.5. The molecule has 0 N–H and O–H groups in total. The lowest BCUT2D eigenvalue weighted by atomic mass is 9.55. The fourth-order valence-corrected chi connectivity index (χ4v) is 2.97. The van der Waals surface area contributed by atoms with E-state index in [0.29, 0.717) is 5.92 Å². The van der Waals surface area contributed by atoms with Crippen LogP contribution in [0.5, 0.6) is 0 Å². The van der Waals surface area contributed by atoms with Gasteiger partial charge in [-0.05, 0) is 33.1 Å². The van der Waals surface area contributed by atoms with Crippen LogP contribution in [0.4, 0.5) is 0 Å². The van der Waals surface area contributed by atoms with Crippen molar-refractivity contribution >= 4 is 5.97 Å². The van der Waals surface area contributed by atoms with Gasteiger partial charge in [-0.2, -0.15) is 0 Å². The van der Waals surface area contributed by atoms with Crippen LogP contribution in [0.3, 0.4) is 0 Å². The maximum absolute atomic E-state index is 12.1. The highest BCUT2D eigenvalue weighted by molar-refractivity contribution is 5.81. The maximum atomic E-state index is 12.1. The smallest absolute Gasteiger partial charge is 0.313 e. The molecule has 1 saturated heterocycles. The number of esters is 1. The molecule has 15 heavy (non-hydrogen) atoms. The standard InChI is InChI=1S/C13H24O2/c1-8-12(6)11(4,5)15-10(14)13(12,7)9(2)3/h9H,8H2,1-7H3. The first-order valence-electron chi connectivity index (χ1n) is 5.87. The zero-order chi connectivity index (χ0) is 12.1. The fourth-order valence-electron chi connectivity index (χ4n) is 2.97. The summed E-state index contributed by atoms with van der Waals surface area (Å²) in [7, 11) is 0. The molecule has 0 aliphatic carbocycles. The third kappa shape index (κ3) is 1.26. The Bertz CT molecular complexity index is 280. The topological polar surface area (TPSA) is 26.3 Å². The maximum Gasteiger partial charge on any atom is 0.313 e. The lowest BCUT2D eigenvalue weighted by Gasteiger charge is -2.45. The zero-order valence-electron chi connectivity index (χ0n) is 11.1. The summed E-state index contributed by atoms with van der Waals surface area (Å²) in [5, 5.41) is 0. The Morgan fingerprint density at radius 1 is 1.20 bits per heavy atom. The average Bonchev–Trinajstić information content (AvgIpc) is 2.25. The Morgan fingerprint density at radius 2 is 1.67 bits per heavy atom. The van der Waals surface area contributed by atoms with E-state index in [-0.39, 0.29) is 22.4 Å². The van der Waals surface area contributed by atoms with Crippen molar-refractivity contribution in [2.24, 2.45) is 16.7 Å². The summed E-state index contributed by atoms with van der Waals surface area (Å²) in [6, 6.07) is 0. The van der Waals surface area contributed by atoms with Crippen LogP contribution in [0.15, 0.2) is 0 Å². The SMILES string of the molecule is CCC1(C)C(C)(C)OC(=O)C1(C)C(C)C. The molecule has 1 aliphatic rings. The first-order valence-corrected chi connectivity index (χ1v) is 5.87. The van der Waals surface area contributed by atoms with Crippen molar-refractivity contribution in [2.75, 3.05) is 0 Å². The van der Waals surface area contributed by atoms with Crippen LogP contribution in [0.25, 0.3) is 0 Å². The molecule has 1 fully saturated rings. The molecule has 1 rings (SSSR count). The van der Waals surface area contributed by atoms with Crippen molar-refractivity contribution in [3.05, 3.63) is 0 Å². The second-order valence-corrected chi connectivity index (χ2v) is 5.94. The summed E-state index contributed by atoms with van der Waals surface area (Å²) < 4.78 is 5.59. The molecule has 1 aliphatic heterocycles. The predicted molar refractivity (Wildman–Crippen MR) is 61.5 cm³/mol. The van der Waals surface area contributed by atoms with E-state index in [9.17, 15) is 4.79 Å². The quantitative estimate of drug-likeness (QED) is 0.656. The van der Waals surface area contributed by atoms with E-state index < -0.39 is 0 Å². The van der Waals surface area contributed by atoms with Gasteiger partial charge in [-0.15, -0.1) is 0 Å². The van der Waals surface area contributed by atoms with Crippen molar-refractivity contribution in [1.82, 2.24) is 0 Å². The Labute approximate surface area is 93.4 Å². The van der Waals surface area contributed by atoms with Crippen molar-refractivity contribution < 1.29 is 9.53 Å². The molecule has 88 valence electrons. The van der Waals surface area contributed by atoms with Gasteiger partial charge < -0.3 is 4.74 Å². The highest BCUT2D eigenvalue weighted by atomic mass is 16.6. The normalized spacial score (nSPS) is 39.6. The van der Waals surface area contributed by atoms with Crippen LogP contribution < -0.4 is 0 Å². The largest absolute Gasteiger partial charge is 0.459 e. The van der Waals surface area contributed by atoms with Crippen molar-refractivity contribution in [1.29, 1.82) is 0 Å². The molecular formula is C13H24O2. The number of rotatable bonds is 2. The molecule has 0 aromatic carbocycles. The monoisotopic (exact) mass is 212 g/mol. The van der Waals surface area contributed by atoms with Crippen LogP contribution in [0.2, 0.25) is 0 Å². The van der Waals surface area contributed by atoms with Gasteiger partial charge in [0.1, 0.15) is 5.60 Å². The van der Waals surface area contributed by atoms with Crippen LogP contribution in [-0.4, -0.2) is 11.6 Å². The molecule has 2 heteroatoms. The van der Waals surface area contributed by atoms with Crippen molar-refractivity contribution in [2.45, 2.75) is 60.5 Å². The molecule has 2 atom stereocenters. The minimum Gasteiger partial charge on any atom is -0.459 e. The van der Waals surface area contributed by atoms with Gasteiger partial charge in [-0.3, -0.25) is 4.79 Å². The van der Waals surface area contributed by atoms with Gasteiger partial charge in [0.2, 0.25) is 0 Å². The Hall–Kier alpha value is -0.530. The average molecular weight is 212 g/mol. The minimum atomic E-state index is -0.370. The van der Waals surface area contributed by atoms with Crippen LogP contribution >= 0.6 is 0 Å². The lowest BCUT2D eigenvalue weighted by molar-refractivity contribution is -0.153. The van der Waals surface area contributed by atoms with Gasteiger partial charge in [0, 0.05) is 5.41 Å². The number of cyclic esters (lactones) is 1. The van der Waals surface area contributed by atoms with Crippen molar-refractivity contribution in [3.63, 3.8) is 0 Å². The summed E-state index contributed by atoms with van der Waals surface area (Å²) in [5.41, 5.74) is -0.825. The molecule has 0 bridgehead atoms. The number of carbonyl (C=O) groups excluding carboxylic acids is 1. The second-order valence-electron chi connectivity index (χ2n) is 5.94. The number of hydrogen-bond acceptors (Lipinski definition) is 2. The lowest BCUT2D eigenvalue weighted by Crippen LogP contribution is -2.48. The van der Waals surface area contributed by atoms with Gasteiger partial charge in [-0.25, -0.2) is 0 Å². The summed E-state index contributed by atoms with van der Waals surface area (Å²) in [6.45, 7) is 14.7. The summed E-state index contributed by atoms with van der Waals surface area (Å²) in [4.78, 5) is 12.1. The van der Waals surface area contributed by atoms with Gasteiger partial charge in [-0.1, -0.05) is 27.7 Å². The second kappa shape index (κ2) is 3.23. The highest BCUT2D eigenvalue weighted by Gasteiger charge is 2.66. The predicted octanol–water partition coefficient (Wildman–Crippen LogP) is 3.40. The van der Waals surface area contributed by atoms with E-state index in [4.69, 9.17) is 4.74 Å². The molecule has 0 saturated carbocycles. The molecular weight excluding hydrogens is 188 g/mol. The first-order chi connectivity index (χ1) is 6.63. The molecule has 1 heterocycles. The van der Waals surface area contributed by atoms with E-state index in [0.717, 1.165) is 6.42 Å². The molecule has 0 amide bonds. The van der Waals surface area contributed by atoms with Gasteiger partial charge in [0.15, 0.2) is 0 Å². The van der Waals surface area contributed by atoms with E-state index >= 15 is 0 Å². The van der Waals surface area contributed by atoms with Crippen LogP contribution in [0, 0.1) is 16.7 Å². The van der Waals surface area contributed by atoms with Gasteiger partial charge in [0.05, 0.1) is 5.41 Å². The third-order valence-electron chi connectivity index (χ3n) is 5.11. The summed E-state index contributed by atoms with van der Waals surface area (Å²) >= 11 is 0. The molecule has 0 spiro atoms. The van der Waals surface area contributed by atoms with Crippen LogP contribution in [-0.2, 0) is 9.53 Å². The Kier molecular flexibility index (Phi) is 2.70. The third-order valence-corrected chi connectivity index (χ3v) is 5.11. The molecule has 0 radical (unpaired) electrons. The number of hydrogen-bond donors (Lipinski definition) is 0. The summed E-state index contributed by atoms with van der Waals surface area (Å²) in [5.74, 6) is 0.267. The molecule has 0 aromatic rings.